The molecule has 1 unspecified atom stereocenters. The van der Waals surface area contributed by atoms with Crippen LogP contribution in [0.2, 0.25) is 0 Å². The Labute approximate surface area is 118 Å². The molecule has 0 aromatic carbocycles. The first-order valence-corrected chi connectivity index (χ1v) is 7.11. The molecule has 3 rings (SSSR count). The molecule has 1 aliphatic carbocycles. The molecule has 1 saturated heterocycles. The van der Waals surface area contributed by atoms with Gasteiger partial charge in [-0.05, 0) is 44.6 Å². The molecule has 1 aliphatic heterocycles. The summed E-state index contributed by atoms with van der Waals surface area (Å²) < 4.78 is 0. The van der Waals surface area contributed by atoms with Crippen molar-refractivity contribution in [2.75, 3.05) is 13.1 Å². The average molecular weight is 276 g/mol. The second-order valence-electron chi connectivity index (χ2n) is 6.24. The standard InChI is InChI=1S/C15H20N2O3/c1-9-7-11(10(2)16-9)13(18)17-5-3-15(4-6-17)8-12(15)14(19)20/h7,12,16H,3-6,8H2,1-2H3,(H,19,20). The number of rotatable bonds is 2. The molecule has 108 valence electrons. The zero-order chi connectivity index (χ0) is 14.5. The molecule has 2 aliphatic rings. The lowest BCUT2D eigenvalue weighted by atomic mass is 9.90. The molecule has 1 spiro atoms. The molecule has 2 heterocycles. The largest absolute Gasteiger partial charge is 0.481 e. The molecule has 5 nitrogen and oxygen atoms in total. The van der Waals surface area contributed by atoms with Crippen molar-refractivity contribution < 1.29 is 14.7 Å². The minimum absolute atomic E-state index is 0.0221. The first kappa shape index (κ1) is 13.2. The number of aromatic nitrogens is 1. The van der Waals surface area contributed by atoms with Gasteiger partial charge >= 0.3 is 5.97 Å². The van der Waals surface area contributed by atoms with Crippen molar-refractivity contribution in [3.63, 3.8) is 0 Å². The molecular weight excluding hydrogens is 256 g/mol. The lowest BCUT2D eigenvalue weighted by Crippen LogP contribution is -2.40. The number of H-pyrrole nitrogens is 1. The molecule has 2 fully saturated rings. The Balaban J connectivity index is 1.66. The Morgan fingerprint density at radius 1 is 1.35 bits per heavy atom. The predicted molar refractivity (Wildman–Crippen MR) is 73.6 cm³/mol. The van der Waals surface area contributed by atoms with Gasteiger partial charge in [-0.25, -0.2) is 0 Å². The molecule has 2 N–H and O–H groups in total. The highest BCUT2D eigenvalue weighted by Crippen LogP contribution is 2.59. The van der Waals surface area contributed by atoms with Crippen LogP contribution < -0.4 is 0 Å². The van der Waals surface area contributed by atoms with Crippen LogP contribution in [0.3, 0.4) is 0 Å². The van der Waals surface area contributed by atoms with Gasteiger partial charge in [-0.2, -0.15) is 0 Å². The van der Waals surface area contributed by atoms with E-state index >= 15 is 0 Å². The fourth-order valence-electron chi connectivity index (χ4n) is 3.52. The Kier molecular flexibility index (Phi) is 2.88. The number of carbonyl (C=O) groups is 2. The highest BCUT2D eigenvalue weighted by atomic mass is 16.4. The SMILES string of the molecule is Cc1cc(C(=O)N2CCC3(CC2)CC3C(=O)O)c(C)[nH]1. The third kappa shape index (κ3) is 2.01. The van der Waals surface area contributed by atoms with Gasteiger partial charge in [0.25, 0.3) is 5.91 Å². The summed E-state index contributed by atoms with van der Waals surface area (Å²) >= 11 is 0. The average Bonchev–Trinajstić information content (AvgIpc) is 2.99. The van der Waals surface area contributed by atoms with E-state index < -0.39 is 5.97 Å². The number of aryl methyl sites for hydroxylation is 2. The van der Waals surface area contributed by atoms with Gasteiger partial charge in [-0.15, -0.1) is 0 Å². The van der Waals surface area contributed by atoms with E-state index in [1.165, 1.54) is 0 Å². The van der Waals surface area contributed by atoms with Crippen LogP contribution in [-0.4, -0.2) is 40.0 Å². The Morgan fingerprint density at radius 3 is 2.45 bits per heavy atom. The van der Waals surface area contributed by atoms with Crippen molar-refractivity contribution >= 4 is 11.9 Å². The van der Waals surface area contributed by atoms with Gasteiger partial charge in [-0.1, -0.05) is 0 Å². The minimum Gasteiger partial charge on any atom is -0.481 e. The van der Waals surface area contributed by atoms with Gasteiger partial charge in [0.2, 0.25) is 0 Å². The molecular formula is C15H20N2O3. The van der Waals surface area contributed by atoms with Crippen LogP contribution in [0.1, 0.15) is 41.0 Å². The van der Waals surface area contributed by atoms with Crippen molar-refractivity contribution in [2.24, 2.45) is 11.3 Å². The number of carboxylic acids is 1. The van der Waals surface area contributed by atoms with Gasteiger partial charge in [0.15, 0.2) is 0 Å². The predicted octanol–water partition coefficient (Wildman–Crippen LogP) is 1.96. The smallest absolute Gasteiger partial charge is 0.307 e. The maximum absolute atomic E-state index is 12.5. The maximum Gasteiger partial charge on any atom is 0.307 e. The summed E-state index contributed by atoms with van der Waals surface area (Å²) in [5.41, 5.74) is 2.62. The quantitative estimate of drug-likeness (QED) is 0.867. The number of hydrogen-bond donors (Lipinski definition) is 2. The van der Waals surface area contributed by atoms with Gasteiger partial charge in [-0.3, -0.25) is 9.59 Å². The first-order chi connectivity index (χ1) is 9.43. The fourth-order valence-corrected chi connectivity index (χ4v) is 3.52. The Hall–Kier alpha value is -1.78. The summed E-state index contributed by atoms with van der Waals surface area (Å²) in [6.07, 6.45) is 2.42. The topological polar surface area (TPSA) is 73.4 Å². The molecule has 1 saturated carbocycles. The van der Waals surface area contributed by atoms with E-state index in [-0.39, 0.29) is 17.2 Å². The molecule has 0 radical (unpaired) electrons. The van der Waals surface area contributed by atoms with Crippen LogP contribution in [0, 0.1) is 25.2 Å². The zero-order valence-corrected chi connectivity index (χ0v) is 11.9. The number of amides is 1. The van der Waals surface area contributed by atoms with E-state index in [0.717, 1.165) is 36.2 Å². The number of hydrogen-bond acceptors (Lipinski definition) is 2. The maximum atomic E-state index is 12.5. The normalized spacial score (nSPS) is 23.9. The molecule has 1 aromatic heterocycles. The van der Waals surface area contributed by atoms with E-state index in [9.17, 15) is 9.59 Å². The first-order valence-electron chi connectivity index (χ1n) is 7.11. The monoisotopic (exact) mass is 276 g/mol. The van der Waals surface area contributed by atoms with Gasteiger partial charge in [0.1, 0.15) is 0 Å². The van der Waals surface area contributed by atoms with Crippen molar-refractivity contribution in [1.82, 2.24) is 9.88 Å². The second kappa shape index (κ2) is 4.36. The molecule has 1 aromatic rings. The number of nitrogens with one attached hydrogen (secondary N) is 1. The van der Waals surface area contributed by atoms with Crippen LogP contribution in [0.25, 0.3) is 0 Å². The fraction of sp³-hybridized carbons (Fsp3) is 0.600. The number of carboxylic acid groups (broad SMARTS) is 1. The summed E-state index contributed by atoms with van der Waals surface area (Å²) in [5, 5.41) is 9.08. The Morgan fingerprint density at radius 2 is 2.00 bits per heavy atom. The minimum atomic E-state index is -0.679. The summed E-state index contributed by atoms with van der Waals surface area (Å²) in [5.74, 6) is -0.799. The third-order valence-electron chi connectivity index (χ3n) is 4.91. The van der Waals surface area contributed by atoms with Crippen molar-refractivity contribution in [1.29, 1.82) is 0 Å². The molecule has 1 amide bonds. The molecule has 1 atom stereocenters. The van der Waals surface area contributed by atoms with Crippen molar-refractivity contribution in [2.45, 2.75) is 33.1 Å². The highest BCUT2D eigenvalue weighted by molar-refractivity contribution is 5.95. The molecule has 5 heteroatoms. The summed E-state index contributed by atoms with van der Waals surface area (Å²) in [6, 6.07) is 1.89. The lowest BCUT2D eigenvalue weighted by Gasteiger charge is -2.32. The summed E-state index contributed by atoms with van der Waals surface area (Å²) in [7, 11) is 0. The van der Waals surface area contributed by atoms with Gasteiger partial charge in [0, 0.05) is 24.5 Å². The second-order valence-corrected chi connectivity index (χ2v) is 6.24. The third-order valence-corrected chi connectivity index (χ3v) is 4.91. The zero-order valence-electron chi connectivity index (χ0n) is 11.9. The number of likely N-dealkylation sites (tertiary alicyclic amines) is 1. The number of aliphatic carboxylic acids is 1. The number of nitrogens with zero attached hydrogens (tertiary/aromatic N) is 1. The summed E-state index contributed by atoms with van der Waals surface area (Å²) in [6.45, 7) is 5.20. The number of piperidine rings is 1. The van der Waals surface area contributed by atoms with E-state index in [1.807, 2.05) is 24.8 Å². The molecule has 20 heavy (non-hydrogen) atoms. The van der Waals surface area contributed by atoms with E-state index in [4.69, 9.17) is 5.11 Å². The molecule has 0 bridgehead atoms. The van der Waals surface area contributed by atoms with E-state index in [1.54, 1.807) is 0 Å². The van der Waals surface area contributed by atoms with Crippen LogP contribution in [0.4, 0.5) is 0 Å². The lowest BCUT2D eigenvalue weighted by molar-refractivity contribution is -0.139. The van der Waals surface area contributed by atoms with Crippen LogP contribution in [-0.2, 0) is 4.79 Å². The highest BCUT2D eigenvalue weighted by Gasteiger charge is 2.59. The summed E-state index contributed by atoms with van der Waals surface area (Å²) in [4.78, 5) is 28.5. The van der Waals surface area contributed by atoms with E-state index in [2.05, 4.69) is 4.98 Å². The van der Waals surface area contributed by atoms with E-state index in [0.29, 0.717) is 13.1 Å². The van der Waals surface area contributed by atoms with Crippen molar-refractivity contribution in [3.8, 4) is 0 Å². The Bertz CT molecular complexity index is 568. The van der Waals surface area contributed by atoms with Crippen LogP contribution >= 0.6 is 0 Å². The van der Waals surface area contributed by atoms with Crippen molar-refractivity contribution in [3.05, 3.63) is 23.0 Å². The van der Waals surface area contributed by atoms with Gasteiger partial charge in [0.05, 0.1) is 11.5 Å². The van der Waals surface area contributed by atoms with Gasteiger partial charge < -0.3 is 15.0 Å². The van der Waals surface area contributed by atoms with Crippen LogP contribution in [0.15, 0.2) is 6.07 Å². The van der Waals surface area contributed by atoms with Crippen LogP contribution in [0.5, 0.6) is 0 Å². The number of carbonyl (C=O) groups excluding carboxylic acids is 1. The number of aromatic amines is 1.